The summed E-state index contributed by atoms with van der Waals surface area (Å²) < 4.78 is 129. The molecule has 7 aliphatic heterocycles. The highest BCUT2D eigenvalue weighted by atomic mass is 35.6. The molecule has 7 heterocycles. The third kappa shape index (κ3) is 22.1. The topological polar surface area (TPSA) is 251 Å². The van der Waals surface area contributed by atoms with Crippen LogP contribution in [0, 0.1) is 0 Å². The number of hydrogen-bond donors (Lipinski definition) is 1. The van der Waals surface area contributed by atoms with E-state index in [4.69, 9.17) is 164 Å². The Balaban J connectivity index is 0.888. The second-order valence-corrected chi connectivity index (χ2v) is 41.0. The Hall–Kier alpha value is -7.04. The number of carbonyl (C=O) groups is 3. The van der Waals surface area contributed by atoms with E-state index in [1.54, 1.807) is 78.9 Å². The van der Waals surface area contributed by atoms with Gasteiger partial charge in [0.2, 0.25) is 12.2 Å². The summed E-state index contributed by atoms with van der Waals surface area (Å²) >= 11 is 39.9. The lowest BCUT2D eigenvalue weighted by atomic mass is 9.93. The Morgan fingerprint density at radius 2 is 0.901 bits per heavy atom. The number of carbonyl (C=O) groups excluding carboxylic acids is 3. The average Bonchev–Trinajstić information content (AvgIpc) is 1.72. The first-order valence-corrected chi connectivity index (χ1v) is 45.2. The molecule has 7 aliphatic rings. The number of ether oxygens (including phenoxy) is 18. The summed E-state index contributed by atoms with van der Waals surface area (Å²) in [5.74, 6) is -3.53. The number of alkyl halides is 6. The molecule has 31 heteroatoms. The molecule has 121 heavy (non-hydrogen) atoms. The molecule has 6 fully saturated rings. The van der Waals surface area contributed by atoms with Crippen molar-refractivity contribution in [3.8, 4) is 0 Å². The Morgan fingerprint density at radius 1 is 0.463 bits per heavy atom. The highest BCUT2D eigenvalue weighted by molar-refractivity contribution is 6.77. The summed E-state index contributed by atoms with van der Waals surface area (Å²) in [7, 11) is -2.85. The van der Waals surface area contributed by atoms with Crippen LogP contribution in [0.4, 0.5) is 0 Å². The van der Waals surface area contributed by atoms with Crippen molar-refractivity contribution in [1.29, 1.82) is 0 Å². The van der Waals surface area contributed by atoms with Crippen LogP contribution in [-0.4, -0.2) is 182 Å². The molecule has 0 saturated carbocycles. The largest absolute Gasteiger partial charge is 0.459 e. The van der Waals surface area contributed by atoms with E-state index in [0.717, 1.165) is 16.7 Å². The van der Waals surface area contributed by atoms with Crippen molar-refractivity contribution in [2.45, 2.75) is 215 Å². The molecule has 6 saturated heterocycles. The van der Waals surface area contributed by atoms with Crippen molar-refractivity contribution in [2.75, 3.05) is 19.8 Å². The monoisotopic (exact) mass is 1790 g/mol. The maximum absolute atomic E-state index is 16.2. The van der Waals surface area contributed by atoms with Gasteiger partial charge in [0.1, 0.15) is 91.9 Å². The number of esters is 2. The van der Waals surface area contributed by atoms with Crippen LogP contribution in [0.15, 0.2) is 248 Å². The smallest absolute Gasteiger partial charge is 0.338 e. The van der Waals surface area contributed by atoms with Crippen molar-refractivity contribution < 1.29 is 104 Å². The minimum absolute atomic E-state index is 0.0144. The van der Waals surface area contributed by atoms with Gasteiger partial charge in [-0.15, -0.1) is 0 Å². The predicted octanol–water partition coefficient (Wildman–Crippen LogP) is 15.6. The summed E-state index contributed by atoms with van der Waals surface area (Å²) in [5, 5.41) is 2.59. The van der Waals surface area contributed by atoms with Crippen LogP contribution < -0.4 is 5.32 Å². The van der Waals surface area contributed by atoms with Crippen LogP contribution in [-0.2, 0) is 132 Å². The van der Waals surface area contributed by atoms with E-state index in [1.807, 2.05) is 164 Å². The fourth-order valence-electron chi connectivity index (χ4n) is 15.1. The van der Waals surface area contributed by atoms with Crippen molar-refractivity contribution in [1.82, 2.24) is 5.32 Å². The number of nitrogens with one attached hydrogen (secondary N) is 1. The zero-order valence-corrected chi connectivity index (χ0v) is 72.2. The molecule has 2 unspecified atom stereocenters. The number of halogens is 6. The summed E-state index contributed by atoms with van der Waals surface area (Å²) in [6.07, 6.45) is -28.2. The number of nitrogens with zero attached hydrogens (tertiary/aromatic N) is 1. The number of fused-ring (bicyclic) bond motifs is 3. The number of amides is 1. The van der Waals surface area contributed by atoms with E-state index in [-0.39, 0.29) is 69.4 Å². The van der Waals surface area contributed by atoms with E-state index >= 15 is 14.4 Å². The number of aliphatic imine (C=N–C) groups is 1. The lowest BCUT2D eigenvalue weighted by Gasteiger charge is -2.54. The SMILES string of the molecule is CC(C)(C)[Si](C)(C)O[C@H]1[C@H](OCc2ccccc2)[C@@H](OCc2ccccc2)[C@H](O[C@@H]2[C@@H](NC(=O)C(Cl)(Cl)Cl)[C@H](O[C@H]3[C@H](OCc4ccccc4)[C@@H](OC(=O)c4ccccc4)[C@H](O[C@@H]4[C@H]5N=C(C(Cl)(Cl)Cl)O[C@H]5O[C@@H]5COC(c6ccccc6)O[C@@H]45)O[C@@H]3C(=O)OCc3ccccc3)O[C@@H]3COC(c4ccccc4)O[C@@H]23)O[C@@H]1COCc1ccccc1. The second-order valence-electron chi connectivity index (χ2n) is 31.7. The lowest BCUT2D eigenvalue weighted by Crippen LogP contribution is -2.72. The molecule has 0 aromatic heterocycles. The number of hydrogen-bond acceptors (Lipinski definition) is 23. The van der Waals surface area contributed by atoms with Crippen LogP contribution in [0.3, 0.4) is 0 Å². The molecule has 15 rings (SSSR count). The van der Waals surface area contributed by atoms with E-state index in [0.29, 0.717) is 22.3 Å². The standard InChI is InChI=1S/C90H94Cl6N2O22Si/c1-88(2,3)121(4,5)120-69-62(51-102-46-54-30-14-6-15-31-54)111-84(76(105-49-57-36-20-9-21-37-57)72(69)103-47-55-32-16-7-17-33-55)115-70-65(97-86(101)89(91,92)93)82(109-63-52-107-80(113-67(63)70)60-42-26-12-27-43-60)117-74-73(104-48-56-34-18-8-19-35-56)77(112-78(99)59-40-24-11-25-41-59)85(118-75(74)79(100)106-50-58-38-22-10-23-39-58)116-71-66-83(119-87(98-66)90(94,95)96)110-64-53-108-81(114-68(64)71)61-44-28-13-29-45-61/h6-45,62-77,80-85H,46-53H2,1-5H3,(H,97,101)/t62-,63-,64-,65-,66-,67-,68-,69-,70-,71-,72+,73+,74+,75+,76-,77-,80?,81?,82+,83-,84+,85-/m1/s1. The Morgan fingerprint density at radius 3 is 1.40 bits per heavy atom. The second kappa shape index (κ2) is 40.1. The molecule has 0 radical (unpaired) electrons. The number of benzene rings is 8. The first-order valence-electron chi connectivity index (χ1n) is 40.0. The zero-order chi connectivity index (χ0) is 84.4. The van der Waals surface area contributed by atoms with Gasteiger partial charge in [0.15, 0.2) is 52.0 Å². The molecular weight excluding hydrogens is 1700 g/mol. The van der Waals surface area contributed by atoms with E-state index in [2.05, 4.69) is 39.2 Å². The van der Waals surface area contributed by atoms with Crippen LogP contribution >= 0.6 is 69.6 Å². The summed E-state index contributed by atoms with van der Waals surface area (Å²) in [6.45, 7) is 9.91. The highest BCUT2D eigenvalue weighted by Gasteiger charge is 2.64. The van der Waals surface area contributed by atoms with Gasteiger partial charge in [-0.3, -0.25) is 4.79 Å². The van der Waals surface area contributed by atoms with Gasteiger partial charge in [0.05, 0.1) is 51.8 Å². The fourth-order valence-corrected chi connectivity index (χ4v) is 16.9. The van der Waals surface area contributed by atoms with Crippen LogP contribution in [0.25, 0.3) is 0 Å². The summed E-state index contributed by atoms with van der Waals surface area (Å²) in [6, 6.07) is 70.3. The Kier molecular flexibility index (Phi) is 29.4. The number of rotatable bonds is 29. The van der Waals surface area contributed by atoms with Crippen molar-refractivity contribution in [3.63, 3.8) is 0 Å². The van der Waals surface area contributed by atoms with Crippen LogP contribution in [0.1, 0.15) is 82.7 Å². The Bertz CT molecular complexity index is 4680. The molecular formula is C90H94Cl6N2O22Si. The third-order valence-electron chi connectivity index (χ3n) is 22.2. The normalized spacial score (nSPS) is 30.0. The maximum Gasteiger partial charge on any atom is 0.338 e. The van der Waals surface area contributed by atoms with Crippen molar-refractivity contribution in [2.24, 2.45) is 4.99 Å². The van der Waals surface area contributed by atoms with Gasteiger partial charge in [-0.2, -0.15) is 0 Å². The van der Waals surface area contributed by atoms with Gasteiger partial charge in [-0.1, -0.05) is 321 Å². The molecule has 8 aromatic rings. The van der Waals surface area contributed by atoms with E-state index in [1.165, 1.54) is 0 Å². The Labute approximate surface area is 733 Å². The van der Waals surface area contributed by atoms with Gasteiger partial charge in [0.25, 0.3) is 13.5 Å². The zero-order valence-electron chi connectivity index (χ0n) is 66.6. The van der Waals surface area contributed by atoms with Crippen molar-refractivity contribution >= 4 is 102 Å². The lowest BCUT2D eigenvalue weighted by molar-refractivity contribution is -0.398. The average molecular weight is 1800 g/mol. The van der Waals surface area contributed by atoms with Gasteiger partial charge >= 0.3 is 11.9 Å². The highest BCUT2D eigenvalue weighted by Crippen LogP contribution is 2.48. The minimum atomic E-state index is -2.85. The van der Waals surface area contributed by atoms with Gasteiger partial charge in [-0.05, 0) is 58.1 Å². The molecule has 8 aromatic carbocycles. The molecule has 642 valence electrons. The van der Waals surface area contributed by atoms with E-state index < -0.39 is 169 Å². The van der Waals surface area contributed by atoms with Gasteiger partial charge in [-0.25, -0.2) is 14.6 Å². The van der Waals surface area contributed by atoms with E-state index in [9.17, 15) is 0 Å². The molecule has 1 N–H and O–H groups in total. The fraction of sp³-hybridized carbons (Fsp3) is 0.422. The molecule has 1 amide bonds. The summed E-state index contributed by atoms with van der Waals surface area (Å²) in [4.78, 5) is 51.6. The van der Waals surface area contributed by atoms with Crippen molar-refractivity contribution in [3.05, 3.63) is 287 Å². The van der Waals surface area contributed by atoms with Crippen LogP contribution in [0.5, 0.6) is 0 Å². The minimum Gasteiger partial charge on any atom is -0.459 e. The van der Waals surface area contributed by atoms with Gasteiger partial charge < -0.3 is 95.0 Å². The predicted molar refractivity (Wildman–Crippen MR) is 449 cm³/mol. The quantitative estimate of drug-likeness (QED) is 0.0260. The van der Waals surface area contributed by atoms with Gasteiger partial charge in [0, 0.05) is 11.1 Å². The summed E-state index contributed by atoms with van der Waals surface area (Å²) in [5.41, 5.74) is 4.98. The first kappa shape index (κ1) is 88.8. The molecule has 24 nitrogen and oxygen atoms in total. The molecule has 0 bridgehead atoms. The maximum atomic E-state index is 16.2. The first-order chi connectivity index (χ1) is 58.3. The molecule has 22 atom stereocenters. The molecule has 0 spiro atoms. The third-order valence-corrected chi connectivity index (χ3v) is 27.7. The molecule has 0 aliphatic carbocycles. The van der Waals surface area contributed by atoms with Crippen LogP contribution in [0.2, 0.25) is 18.1 Å².